The fourth-order valence-electron chi connectivity index (χ4n) is 1.86. The smallest absolute Gasteiger partial charge is 0.230 e. The number of hydrogen-bond donors (Lipinski definition) is 1. The Bertz CT molecular complexity index is 431. The summed E-state index contributed by atoms with van der Waals surface area (Å²) in [5.41, 5.74) is 0.525. The van der Waals surface area contributed by atoms with E-state index in [4.69, 9.17) is 0 Å². The van der Waals surface area contributed by atoms with E-state index in [9.17, 15) is 14.0 Å². The average molecular weight is 221 g/mol. The van der Waals surface area contributed by atoms with Crippen molar-refractivity contribution in [3.05, 3.63) is 35.6 Å². The van der Waals surface area contributed by atoms with Crippen LogP contribution in [-0.4, -0.2) is 11.8 Å². The maximum absolute atomic E-state index is 13.3. The van der Waals surface area contributed by atoms with Gasteiger partial charge in [-0.25, -0.2) is 4.39 Å². The summed E-state index contributed by atoms with van der Waals surface area (Å²) < 4.78 is 13.3. The monoisotopic (exact) mass is 221 g/mol. The first-order chi connectivity index (χ1) is 7.66. The summed E-state index contributed by atoms with van der Waals surface area (Å²) in [6, 6.07) is 6.40. The number of halogens is 1. The van der Waals surface area contributed by atoms with Gasteiger partial charge in [0.2, 0.25) is 11.8 Å². The zero-order valence-corrected chi connectivity index (χ0v) is 8.70. The van der Waals surface area contributed by atoms with Crippen LogP contribution in [0.3, 0.4) is 0 Å². The molecule has 0 bridgehead atoms. The Kier molecular flexibility index (Phi) is 2.99. The molecule has 0 radical (unpaired) electrons. The topological polar surface area (TPSA) is 46.2 Å². The van der Waals surface area contributed by atoms with Crippen LogP contribution < -0.4 is 5.32 Å². The Hall–Kier alpha value is -1.71. The maximum Gasteiger partial charge on any atom is 0.230 e. The summed E-state index contributed by atoms with van der Waals surface area (Å²) in [4.78, 5) is 22.4. The zero-order chi connectivity index (χ0) is 11.5. The number of carbonyl (C=O) groups excluding carboxylic acids is 2. The van der Waals surface area contributed by atoms with Gasteiger partial charge in [-0.15, -0.1) is 0 Å². The lowest BCUT2D eigenvalue weighted by atomic mass is 9.91. The van der Waals surface area contributed by atoms with Gasteiger partial charge >= 0.3 is 0 Å². The maximum atomic E-state index is 13.3. The predicted molar refractivity (Wildman–Crippen MR) is 56.0 cm³/mol. The van der Waals surface area contributed by atoms with E-state index >= 15 is 0 Å². The third-order valence-electron chi connectivity index (χ3n) is 2.78. The number of hydrogen-bond acceptors (Lipinski definition) is 2. The van der Waals surface area contributed by atoms with Gasteiger partial charge in [-0.3, -0.25) is 14.9 Å². The van der Waals surface area contributed by atoms with E-state index in [0.29, 0.717) is 24.8 Å². The third-order valence-corrected chi connectivity index (χ3v) is 2.78. The van der Waals surface area contributed by atoms with Crippen molar-refractivity contribution in [1.82, 2.24) is 5.32 Å². The lowest BCUT2D eigenvalue weighted by Crippen LogP contribution is -2.41. The number of nitrogens with one attached hydrogen (secondary N) is 1. The van der Waals surface area contributed by atoms with Crippen LogP contribution in [0.5, 0.6) is 0 Å². The second kappa shape index (κ2) is 4.43. The minimum atomic E-state index is -0.299. The summed E-state index contributed by atoms with van der Waals surface area (Å²) in [5, 5.41) is 2.27. The van der Waals surface area contributed by atoms with Crippen molar-refractivity contribution in [3.8, 4) is 0 Å². The van der Waals surface area contributed by atoms with Gasteiger partial charge in [-0.05, 0) is 24.5 Å². The van der Waals surface area contributed by atoms with E-state index in [-0.39, 0.29) is 23.5 Å². The minimum Gasteiger partial charge on any atom is -0.296 e. The van der Waals surface area contributed by atoms with Crippen molar-refractivity contribution in [3.63, 3.8) is 0 Å². The van der Waals surface area contributed by atoms with Crippen LogP contribution in [0.25, 0.3) is 0 Å². The molecule has 1 aliphatic heterocycles. The first-order valence-corrected chi connectivity index (χ1v) is 5.24. The molecule has 0 aromatic heterocycles. The molecular weight excluding hydrogens is 209 g/mol. The SMILES string of the molecule is O=C1CCC(Cc2ccccc2F)C(=O)N1. The predicted octanol–water partition coefficient (Wildman–Crippen LogP) is 1.42. The molecular formula is C12H12FNO2. The molecule has 1 saturated heterocycles. The lowest BCUT2D eigenvalue weighted by molar-refractivity contribution is -0.136. The number of imide groups is 1. The average Bonchev–Trinajstić information content (AvgIpc) is 2.25. The van der Waals surface area contributed by atoms with Gasteiger partial charge in [-0.2, -0.15) is 0 Å². The van der Waals surface area contributed by atoms with Crippen LogP contribution in [0, 0.1) is 11.7 Å². The molecule has 0 aliphatic carbocycles. The van der Waals surface area contributed by atoms with Gasteiger partial charge in [0, 0.05) is 12.3 Å². The Morgan fingerprint density at radius 1 is 1.31 bits per heavy atom. The summed E-state index contributed by atoms with van der Waals surface area (Å²) in [6.45, 7) is 0. The van der Waals surface area contributed by atoms with Crippen molar-refractivity contribution >= 4 is 11.8 Å². The molecule has 1 heterocycles. The van der Waals surface area contributed by atoms with Gasteiger partial charge in [0.25, 0.3) is 0 Å². The van der Waals surface area contributed by atoms with Gasteiger partial charge < -0.3 is 0 Å². The molecule has 0 saturated carbocycles. The summed E-state index contributed by atoms with van der Waals surface area (Å²) in [5.74, 6) is -1.13. The highest BCUT2D eigenvalue weighted by molar-refractivity contribution is 5.98. The van der Waals surface area contributed by atoms with Crippen molar-refractivity contribution in [2.45, 2.75) is 19.3 Å². The fraction of sp³-hybridized carbons (Fsp3) is 0.333. The van der Waals surface area contributed by atoms with Gasteiger partial charge in [0.1, 0.15) is 5.82 Å². The van der Waals surface area contributed by atoms with Crippen molar-refractivity contribution in [2.24, 2.45) is 5.92 Å². The first kappa shape index (κ1) is 10.8. The molecule has 1 aromatic carbocycles. The Balaban J connectivity index is 2.08. The van der Waals surface area contributed by atoms with Crippen LogP contribution in [0.4, 0.5) is 4.39 Å². The highest BCUT2D eigenvalue weighted by Gasteiger charge is 2.27. The molecule has 4 heteroatoms. The molecule has 1 fully saturated rings. The molecule has 2 rings (SSSR count). The second-order valence-corrected chi connectivity index (χ2v) is 3.94. The van der Waals surface area contributed by atoms with Gasteiger partial charge in [0.15, 0.2) is 0 Å². The molecule has 16 heavy (non-hydrogen) atoms. The summed E-state index contributed by atoms with van der Waals surface area (Å²) in [6.07, 6.45) is 1.19. The molecule has 1 aromatic rings. The van der Waals surface area contributed by atoms with Crippen LogP contribution in [0.15, 0.2) is 24.3 Å². The molecule has 3 nitrogen and oxygen atoms in total. The Morgan fingerprint density at radius 2 is 2.06 bits per heavy atom. The number of carbonyl (C=O) groups is 2. The quantitative estimate of drug-likeness (QED) is 0.768. The molecule has 1 N–H and O–H groups in total. The number of rotatable bonds is 2. The Labute approximate surface area is 92.7 Å². The molecule has 84 valence electrons. The standard InChI is InChI=1S/C12H12FNO2/c13-10-4-2-1-3-8(10)7-9-5-6-11(15)14-12(9)16/h1-4,9H,5-7H2,(H,14,15,16). The molecule has 0 spiro atoms. The largest absolute Gasteiger partial charge is 0.296 e. The molecule has 1 aliphatic rings. The van der Waals surface area contributed by atoms with Crippen LogP contribution in [0.1, 0.15) is 18.4 Å². The Morgan fingerprint density at radius 3 is 2.75 bits per heavy atom. The highest BCUT2D eigenvalue weighted by Crippen LogP contribution is 2.19. The second-order valence-electron chi connectivity index (χ2n) is 3.94. The van der Waals surface area contributed by atoms with E-state index < -0.39 is 0 Å². The van der Waals surface area contributed by atoms with E-state index in [0.717, 1.165) is 0 Å². The van der Waals surface area contributed by atoms with Crippen molar-refractivity contribution < 1.29 is 14.0 Å². The van der Waals surface area contributed by atoms with Gasteiger partial charge in [-0.1, -0.05) is 18.2 Å². The number of amides is 2. The molecule has 1 atom stereocenters. The van der Waals surface area contributed by atoms with Crippen LogP contribution in [-0.2, 0) is 16.0 Å². The van der Waals surface area contributed by atoms with Crippen LogP contribution >= 0.6 is 0 Å². The minimum absolute atomic E-state index is 0.241. The fourth-order valence-corrected chi connectivity index (χ4v) is 1.86. The van der Waals surface area contributed by atoms with Crippen molar-refractivity contribution in [1.29, 1.82) is 0 Å². The van der Waals surface area contributed by atoms with E-state index in [1.807, 2.05) is 0 Å². The first-order valence-electron chi connectivity index (χ1n) is 5.24. The normalized spacial score (nSPS) is 20.7. The third kappa shape index (κ3) is 2.27. The summed E-state index contributed by atoms with van der Waals surface area (Å²) in [7, 11) is 0. The zero-order valence-electron chi connectivity index (χ0n) is 8.70. The number of benzene rings is 1. The summed E-state index contributed by atoms with van der Waals surface area (Å²) >= 11 is 0. The highest BCUT2D eigenvalue weighted by atomic mass is 19.1. The molecule has 1 unspecified atom stereocenters. The van der Waals surface area contributed by atoms with E-state index in [1.165, 1.54) is 6.07 Å². The van der Waals surface area contributed by atoms with Gasteiger partial charge in [0.05, 0.1) is 0 Å². The molecule has 2 amide bonds. The van der Waals surface area contributed by atoms with Crippen molar-refractivity contribution in [2.75, 3.05) is 0 Å². The van der Waals surface area contributed by atoms with E-state index in [2.05, 4.69) is 5.32 Å². The van der Waals surface area contributed by atoms with E-state index in [1.54, 1.807) is 18.2 Å². The lowest BCUT2D eigenvalue weighted by Gasteiger charge is -2.20. The number of piperidine rings is 1. The van der Waals surface area contributed by atoms with Crippen LogP contribution in [0.2, 0.25) is 0 Å².